The van der Waals surface area contributed by atoms with E-state index < -0.39 is 0 Å². The zero-order valence-electron chi connectivity index (χ0n) is 11.2. The quantitative estimate of drug-likeness (QED) is 0.748. The first kappa shape index (κ1) is 14.6. The van der Waals surface area contributed by atoms with Crippen LogP contribution in [0.5, 0.6) is 11.5 Å². The SMILES string of the molecule is COc1ccc(C=Cc2cc(F)c(Br)c(OC)c2)cc1. The number of ether oxygens (including phenoxy) is 2. The molecule has 0 aliphatic carbocycles. The Morgan fingerprint density at radius 2 is 1.60 bits per heavy atom. The van der Waals surface area contributed by atoms with E-state index in [2.05, 4.69) is 15.9 Å². The summed E-state index contributed by atoms with van der Waals surface area (Å²) in [5, 5.41) is 0. The maximum Gasteiger partial charge on any atom is 0.141 e. The molecule has 0 saturated carbocycles. The predicted molar refractivity (Wildman–Crippen MR) is 82.6 cm³/mol. The maximum absolute atomic E-state index is 13.7. The third-order valence-electron chi connectivity index (χ3n) is 2.82. The van der Waals surface area contributed by atoms with Crippen LogP contribution in [0.15, 0.2) is 40.9 Å². The van der Waals surface area contributed by atoms with Gasteiger partial charge < -0.3 is 9.47 Å². The summed E-state index contributed by atoms with van der Waals surface area (Å²) in [6, 6.07) is 10.8. The van der Waals surface area contributed by atoms with E-state index in [9.17, 15) is 4.39 Å². The van der Waals surface area contributed by atoms with Crippen molar-refractivity contribution in [2.24, 2.45) is 0 Å². The van der Waals surface area contributed by atoms with Crippen molar-refractivity contribution in [3.63, 3.8) is 0 Å². The van der Waals surface area contributed by atoms with E-state index in [0.717, 1.165) is 16.9 Å². The molecule has 104 valence electrons. The van der Waals surface area contributed by atoms with Crippen LogP contribution >= 0.6 is 15.9 Å². The Hall–Kier alpha value is -1.81. The van der Waals surface area contributed by atoms with Gasteiger partial charge in [0.2, 0.25) is 0 Å². The van der Waals surface area contributed by atoms with Gasteiger partial charge in [-0.2, -0.15) is 0 Å². The maximum atomic E-state index is 13.7. The van der Waals surface area contributed by atoms with Gasteiger partial charge in [-0.1, -0.05) is 24.3 Å². The molecular formula is C16H14BrFO2. The van der Waals surface area contributed by atoms with Crippen molar-refractivity contribution in [3.8, 4) is 11.5 Å². The van der Waals surface area contributed by atoms with Crippen molar-refractivity contribution in [1.29, 1.82) is 0 Å². The lowest BCUT2D eigenvalue weighted by atomic mass is 10.1. The Bertz CT molecular complexity index is 621. The van der Waals surface area contributed by atoms with Crippen LogP contribution in [0.2, 0.25) is 0 Å². The van der Waals surface area contributed by atoms with Gasteiger partial charge in [-0.15, -0.1) is 0 Å². The van der Waals surface area contributed by atoms with Crippen molar-refractivity contribution in [3.05, 3.63) is 57.8 Å². The first-order chi connectivity index (χ1) is 9.63. The molecule has 0 aromatic heterocycles. The van der Waals surface area contributed by atoms with E-state index in [1.807, 2.05) is 36.4 Å². The van der Waals surface area contributed by atoms with Crippen LogP contribution in [0.1, 0.15) is 11.1 Å². The molecule has 0 amide bonds. The normalized spacial score (nSPS) is 10.8. The first-order valence-corrected chi connectivity index (χ1v) is 6.78. The number of methoxy groups -OCH3 is 2. The van der Waals surface area contributed by atoms with Gasteiger partial charge in [0.1, 0.15) is 17.3 Å². The highest BCUT2D eigenvalue weighted by atomic mass is 79.9. The number of hydrogen-bond acceptors (Lipinski definition) is 2. The molecule has 4 heteroatoms. The molecule has 0 radical (unpaired) electrons. The molecule has 0 N–H and O–H groups in total. The number of halogens is 2. The second-order valence-electron chi connectivity index (χ2n) is 4.13. The van der Waals surface area contributed by atoms with Crippen molar-refractivity contribution < 1.29 is 13.9 Å². The molecule has 2 aromatic carbocycles. The molecule has 0 spiro atoms. The molecule has 0 saturated heterocycles. The molecule has 0 aliphatic rings. The molecular weight excluding hydrogens is 323 g/mol. The van der Waals surface area contributed by atoms with Crippen LogP contribution in [0.3, 0.4) is 0 Å². The lowest BCUT2D eigenvalue weighted by Gasteiger charge is -2.05. The highest BCUT2D eigenvalue weighted by molar-refractivity contribution is 9.10. The summed E-state index contributed by atoms with van der Waals surface area (Å²) in [7, 11) is 3.14. The minimum atomic E-state index is -0.348. The number of rotatable bonds is 4. The fourth-order valence-electron chi connectivity index (χ4n) is 1.74. The van der Waals surface area contributed by atoms with Crippen LogP contribution < -0.4 is 9.47 Å². The van der Waals surface area contributed by atoms with E-state index in [4.69, 9.17) is 9.47 Å². The fourth-order valence-corrected chi connectivity index (χ4v) is 2.13. The Morgan fingerprint density at radius 3 is 2.20 bits per heavy atom. The van der Waals surface area contributed by atoms with E-state index in [1.165, 1.54) is 13.2 Å². The monoisotopic (exact) mass is 336 g/mol. The molecule has 0 unspecified atom stereocenters. The highest BCUT2D eigenvalue weighted by Crippen LogP contribution is 2.29. The first-order valence-electron chi connectivity index (χ1n) is 5.99. The topological polar surface area (TPSA) is 18.5 Å². The van der Waals surface area contributed by atoms with E-state index >= 15 is 0 Å². The second kappa shape index (κ2) is 6.57. The van der Waals surface area contributed by atoms with Crippen molar-refractivity contribution in [2.45, 2.75) is 0 Å². The molecule has 0 fully saturated rings. The van der Waals surface area contributed by atoms with E-state index in [1.54, 1.807) is 13.2 Å². The Labute approximate surface area is 126 Å². The van der Waals surface area contributed by atoms with E-state index in [-0.39, 0.29) is 5.82 Å². The van der Waals surface area contributed by atoms with E-state index in [0.29, 0.717) is 10.2 Å². The molecule has 2 aromatic rings. The largest absolute Gasteiger partial charge is 0.497 e. The van der Waals surface area contributed by atoms with Crippen LogP contribution in [-0.2, 0) is 0 Å². The lowest BCUT2D eigenvalue weighted by Crippen LogP contribution is -1.89. The van der Waals surface area contributed by atoms with Crippen LogP contribution in [0.25, 0.3) is 12.2 Å². The van der Waals surface area contributed by atoms with Crippen molar-refractivity contribution >= 4 is 28.1 Å². The van der Waals surface area contributed by atoms with Crippen LogP contribution in [0.4, 0.5) is 4.39 Å². The Kier molecular flexibility index (Phi) is 4.79. The highest BCUT2D eigenvalue weighted by Gasteiger charge is 2.07. The Balaban J connectivity index is 2.24. The van der Waals surface area contributed by atoms with Crippen molar-refractivity contribution in [1.82, 2.24) is 0 Å². The van der Waals surface area contributed by atoms with Crippen LogP contribution in [0, 0.1) is 5.82 Å². The van der Waals surface area contributed by atoms with Gasteiger partial charge >= 0.3 is 0 Å². The summed E-state index contributed by atoms with van der Waals surface area (Å²) in [4.78, 5) is 0. The zero-order chi connectivity index (χ0) is 14.5. The fraction of sp³-hybridized carbons (Fsp3) is 0.125. The summed E-state index contributed by atoms with van der Waals surface area (Å²) in [6.45, 7) is 0. The summed E-state index contributed by atoms with van der Waals surface area (Å²) in [6.07, 6.45) is 3.74. The third-order valence-corrected chi connectivity index (χ3v) is 3.59. The number of hydrogen-bond donors (Lipinski definition) is 0. The number of benzene rings is 2. The van der Waals surface area contributed by atoms with Gasteiger partial charge in [0.15, 0.2) is 0 Å². The summed E-state index contributed by atoms with van der Waals surface area (Å²) < 4.78 is 24.2. The van der Waals surface area contributed by atoms with Crippen molar-refractivity contribution in [2.75, 3.05) is 14.2 Å². The summed E-state index contributed by atoms with van der Waals surface area (Å²) in [5.41, 5.74) is 1.74. The summed E-state index contributed by atoms with van der Waals surface area (Å²) >= 11 is 3.15. The standard InChI is InChI=1S/C16H14BrFO2/c1-19-13-7-5-11(6-8-13)3-4-12-9-14(18)16(17)15(10-12)20-2/h3-10H,1-2H3. The molecule has 2 rings (SSSR count). The van der Waals surface area contributed by atoms with Gasteiger partial charge in [-0.3, -0.25) is 0 Å². The molecule has 2 nitrogen and oxygen atoms in total. The molecule has 0 bridgehead atoms. The molecule has 0 atom stereocenters. The van der Waals surface area contributed by atoms with Crippen LogP contribution in [-0.4, -0.2) is 14.2 Å². The molecule has 0 aliphatic heterocycles. The van der Waals surface area contributed by atoms with Gasteiger partial charge in [0.25, 0.3) is 0 Å². The third kappa shape index (κ3) is 3.39. The van der Waals surface area contributed by atoms with Gasteiger partial charge in [-0.25, -0.2) is 4.39 Å². The second-order valence-corrected chi connectivity index (χ2v) is 4.92. The van der Waals surface area contributed by atoms with Gasteiger partial charge in [0.05, 0.1) is 18.7 Å². The minimum absolute atomic E-state index is 0.335. The average Bonchev–Trinajstić information content (AvgIpc) is 2.48. The van der Waals surface area contributed by atoms with Gasteiger partial charge in [-0.05, 0) is 51.3 Å². The Morgan fingerprint density at radius 1 is 0.950 bits per heavy atom. The molecule has 0 heterocycles. The zero-order valence-corrected chi connectivity index (χ0v) is 12.8. The lowest BCUT2D eigenvalue weighted by molar-refractivity contribution is 0.407. The summed E-state index contributed by atoms with van der Waals surface area (Å²) in [5.74, 6) is 0.927. The van der Waals surface area contributed by atoms with Gasteiger partial charge in [0, 0.05) is 0 Å². The average molecular weight is 337 g/mol. The predicted octanol–water partition coefficient (Wildman–Crippen LogP) is 4.78. The molecule has 20 heavy (non-hydrogen) atoms. The smallest absolute Gasteiger partial charge is 0.141 e. The minimum Gasteiger partial charge on any atom is -0.497 e.